The maximum Gasteiger partial charge on any atom is 0.410 e. The van der Waals surface area contributed by atoms with Gasteiger partial charge >= 0.3 is 6.09 Å². The number of Topliss-reactive ketones (excluding diaryl/α,β-unsaturated/α-hetero) is 1. The minimum atomic E-state index is -0.589. The molecule has 1 atom stereocenters. The van der Waals surface area contributed by atoms with Gasteiger partial charge in [-0.1, -0.05) is 30.3 Å². The predicted octanol–water partition coefficient (Wildman–Crippen LogP) is 3.87. The van der Waals surface area contributed by atoms with Crippen LogP contribution in [0.1, 0.15) is 52.8 Å². The van der Waals surface area contributed by atoms with Crippen LogP contribution >= 0.6 is 0 Å². The first-order chi connectivity index (χ1) is 13.8. The van der Waals surface area contributed by atoms with Gasteiger partial charge in [-0.05, 0) is 47.0 Å². The summed E-state index contributed by atoms with van der Waals surface area (Å²) < 4.78 is 7.32. The average molecular weight is 399 g/mol. The molecule has 156 valence electrons. The molecule has 2 aromatic rings. The van der Waals surface area contributed by atoms with Crippen LogP contribution in [0.2, 0.25) is 0 Å². The molecule has 0 N–H and O–H groups in total. The summed E-state index contributed by atoms with van der Waals surface area (Å²) in [7, 11) is 0. The number of amides is 1. The molecule has 2 heterocycles. The van der Waals surface area contributed by atoms with E-state index in [9.17, 15) is 9.59 Å². The molecular formula is C22H30N4O3. The third kappa shape index (κ3) is 5.22. The second kappa shape index (κ2) is 8.76. The lowest BCUT2D eigenvalue weighted by Gasteiger charge is -2.35. The number of likely N-dealkylation sites (tertiary alicyclic amines) is 1. The summed E-state index contributed by atoms with van der Waals surface area (Å²) in [6.07, 6.45) is 2.13. The van der Waals surface area contributed by atoms with Crippen LogP contribution in [0.15, 0.2) is 30.3 Å². The van der Waals surface area contributed by atoms with E-state index < -0.39 is 17.7 Å². The van der Waals surface area contributed by atoms with E-state index in [0.717, 1.165) is 24.2 Å². The highest BCUT2D eigenvalue weighted by Crippen LogP contribution is 2.23. The largest absolute Gasteiger partial charge is 0.444 e. The van der Waals surface area contributed by atoms with Crippen molar-refractivity contribution in [3.05, 3.63) is 36.2 Å². The van der Waals surface area contributed by atoms with Gasteiger partial charge in [0.05, 0.1) is 12.5 Å². The minimum absolute atomic E-state index is 0.0385. The number of carbonyl (C=O) groups excluding carboxylic acids is 2. The highest BCUT2D eigenvalue weighted by Gasteiger charge is 2.35. The highest BCUT2D eigenvalue weighted by molar-refractivity contribution is 5.88. The molecule has 1 aliphatic heterocycles. The van der Waals surface area contributed by atoms with Crippen molar-refractivity contribution in [1.29, 1.82) is 0 Å². The van der Waals surface area contributed by atoms with E-state index in [4.69, 9.17) is 4.74 Å². The minimum Gasteiger partial charge on any atom is -0.444 e. The third-order valence-electron chi connectivity index (χ3n) is 4.88. The molecule has 1 fully saturated rings. The summed E-state index contributed by atoms with van der Waals surface area (Å²) in [6, 6.07) is 9.34. The number of benzene rings is 1. The fourth-order valence-corrected chi connectivity index (χ4v) is 3.56. The van der Waals surface area contributed by atoms with Crippen LogP contribution in [-0.4, -0.2) is 49.7 Å². The summed E-state index contributed by atoms with van der Waals surface area (Å²) in [5, 5.41) is 4.52. The maximum absolute atomic E-state index is 13.1. The lowest BCUT2D eigenvalue weighted by molar-refractivity contribution is -0.124. The zero-order valence-corrected chi connectivity index (χ0v) is 17.7. The summed E-state index contributed by atoms with van der Waals surface area (Å²) >= 11 is 0. The summed E-state index contributed by atoms with van der Waals surface area (Å²) in [5.74, 6) is 1.21. The highest BCUT2D eigenvalue weighted by atomic mass is 16.6. The molecule has 0 bridgehead atoms. The molecule has 0 spiro atoms. The number of rotatable bonds is 5. The van der Waals surface area contributed by atoms with E-state index in [1.807, 2.05) is 62.7 Å². The standard InChI is InChI=1S/C22H30N4O3/c1-5-26-20(16-11-7-6-8-12-16)23-19(24-26)15-18(27)17-13-9-10-14-25(17)21(28)29-22(2,3)4/h6-8,11-12,17H,5,9-10,13-15H2,1-4H3/t17-/m0/s1. The maximum atomic E-state index is 13.1. The average Bonchev–Trinajstić information content (AvgIpc) is 3.10. The summed E-state index contributed by atoms with van der Waals surface area (Å²) in [5.41, 5.74) is 0.377. The molecule has 7 heteroatoms. The number of hydrogen-bond donors (Lipinski definition) is 0. The van der Waals surface area contributed by atoms with Gasteiger partial charge in [-0.3, -0.25) is 9.69 Å². The molecule has 1 aromatic carbocycles. The van der Waals surface area contributed by atoms with Crippen LogP contribution in [0.25, 0.3) is 11.4 Å². The van der Waals surface area contributed by atoms with Crippen molar-refractivity contribution in [2.75, 3.05) is 6.54 Å². The molecular weight excluding hydrogens is 368 g/mol. The summed E-state index contributed by atoms with van der Waals surface area (Å²) in [6.45, 7) is 8.70. The number of hydrogen-bond acceptors (Lipinski definition) is 5. The normalized spacial score (nSPS) is 17.2. The van der Waals surface area contributed by atoms with E-state index >= 15 is 0 Å². The Morgan fingerprint density at radius 2 is 1.90 bits per heavy atom. The molecule has 0 radical (unpaired) electrons. The van der Waals surface area contributed by atoms with Gasteiger partial charge in [0.15, 0.2) is 17.4 Å². The second-order valence-electron chi connectivity index (χ2n) is 8.36. The Bertz CT molecular complexity index is 855. The lowest BCUT2D eigenvalue weighted by atomic mass is 9.97. The molecule has 7 nitrogen and oxygen atoms in total. The van der Waals surface area contributed by atoms with Crippen molar-refractivity contribution < 1.29 is 14.3 Å². The topological polar surface area (TPSA) is 77.3 Å². The van der Waals surface area contributed by atoms with Gasteiger partial charge < -0.3 is 4.74 Å². The van der Waals surface area contributed by atoms with E-state index in [0.29, 0.717) is 25.3 Å². The fraction of sp³-hybridized carbons (Fsp3) is 0.545. The molecule has 1 amide bonds. The van der Waals surface area contributed by atoms with E-state index in [1.54, 1.807) is 4.90 Å². The molecule has 1 saturated heterocycles. The van der Waals surface area contributed by atoms with E-state index in [-0.39, 0.29) is 12.2 Å². The van der Waals surface area contributed by atoms with Crippen LogP contribution in [0.4, 0.5) is 4.79 Å². The molecule has 29 heavy (non-hydrogen) atoms. The van der Waals surface area contributed by atoms with Crippen LogP contribution in [0, 0.1) is 0 Å². The monoisotopic (exact) mass is 398 g/mol. The Kier molecular flexibility index (Phi) is 6.35. The molecule has 1 aliphatic rings. The first-order valence-corrected chi connectivity index (χ1v) is 10.3. The molecule has 0 aliphatic carbocycles. The zero-order chi connectivity index (χ0) is 21.0. The molecule has 3 rings (SSSR count). The number of aromatic nitrogens is 3. The smallest absolute Gasteiger partial charge is 0.410 e. The Morgan fingerprint density at radius 3 is 2.55 bits per heavy atom. The summed E-state index contributed by atoms with van der Waals surface area (Å²) in [4.78, 5) is 31.8. The number of nitrogens with zero attached hydrogens (tertiary/aromatic N) is 4. The lowest BCUT2D eigenvalue weighted by Crippen LogP contribution is -2.50. The molecule has 1 aromatic heterocycles. The first kappa shape index (κ1) is 21.0. The Hall–Kier alpha value is -2.70. The quantitative estimate of drug-likeness (QED) is 0.764. The number of piperidine rings is 1. The molecule has 0 saturated carbocycles. The van der Waals surface area contributed by atoms with Gasteiger partial charge in [0.2, 0.25) is 0 Å². The van der Waals surface area contributed by atoms with Gasteiger partial charge in [-0.25, -0.2) is 14.5 Å². The van der Waals surface area contributed by atoms with Gasteiger partial charge in [-0.15, -0.1) is 0 Å². The van der Waals surface area contributed by atoms with E-state index in [1.165, 1.54) is 0 Å². The number of ether oxygens (including phenoxy) is 1. The van der Waals surface area contributed by atoms with Gasteiger partial charge in [0.25, 0.3) is 0 Å². The van der Waals surface area contributed by atoms with Gasteiger partial charge in [0.1, 0.15) is 5.60 Å². The Morgan fingerprint density at radius 1 is 1.17 bits per heavy atom. The van der Waals surface area contributed by atoms with Crippen molar-refractivity contribution >= 4 is 11.9 Å². The Labute approximate surface area is 172 Å². The number of carbonyl (C=O) groups is 2. The van der Waals surface area contributed by atoms with Crippen LogP contribution in [-0.2, 0) is 22.5 Å². The van der Waals surface area contributed by atoms with Crippen molar-refractivity contribution in [3.63, 3.8) is 0 Å². The SMILES string of the molecule is CCn1nc(CC(=O)[C@@H]2CCCCN2C(=O)OC(C)(C)C)nc1-c1ccccc1. The van der Waals surface area contributed by atoms with E-state index in [2.05, 4.69) is 10.1 Å². The fourth-order valence-electron chi connectivity index (χ4n) is 3.56. The van der Waals surface area contributed by atoms with Crippen molar-refractivity contribution in [2.45, 2.75) is 71.6 Å². The van der Waals surface area contributed by atoms with Crippen LogP contribution < -0.4 is 0 Å². The molecule has 0 unspecified atom stereocenters. The van der Waals surface area contributed by atoms with Crippen LogP contribution in [0.5, 0.6) is 0 Å². The number of ketones is 1. The predicted molar refractivity (Wildman–Crippen MR) is 110 cm³/mol. The van der Waals surface area contributed by atoms with Crippen molar-refractivity contribution in [2.24, 2.45) is 0 Å². The first-order valence-electron chi connectivity index (χ1n) is 10.3. The third-order valence-corrected chi connectivity index (χ3v) is 4.88. The van der Waals surface area contributed by atoms with Crippen molar-refractivity contribution in [3.8, 4) is 11.4 Å². The van der Waals surface area contributed by atoms with Gasteiger partial charge in [0, 0.05) is 18.7 Å². The zero-order valence-electron chi connectivity index (χ0n) is 17.7. The van der Waals surface area contributed by atoms with Crippen LogP contribution in [0.3, 0.4) is 0 Å². The number of aryl methyl sites for hydroxylation is 1. The van der Waals surface area contributed by atoms with Gasteiger partial charge in [-0.2, -0.15) is 5.10 Å². The Balaban J connectivity index is 1.76. The second-order valence-corrected chi connectivity index (χ2v) is 8.36. The van der Waals surface area contributed by atoms with Crippen molar-refractivity contribution in [1.82, 2.24) is 19.7 Å².